The van der Waals surface area contributed by atoms with Crippen molar-refractivity contribution in [2.45, 2.75) is 162 Å². The number of Topliss-reactive ketones (excluding diaryl/α,β-unsaturated/α-hetero) is 1. The Morgan fingerprint density at radius 3 is 0.869 bits per heavy atom. The van der Waals surface area contributed by atoms with Crippen LogP contribution in [0.5, 0.6) is 0 Å². The van der Waals surface area contributed by atoms with Gasteiger partial charge in [0.15, 0.2) is 11.6 Å². The first kappa shape index (κ1) is 91.8. The Labute approximate surface area is 649 Å². The summed E-state index contributed by atoms with van der Waals surface area (Å²) < 4.78 is 0. The fraction of sp³-hybridized carbons (Fsp3) is 0.774. The summed E-state index contributed by atoms with van der Waals surface area (Å²) in [5.41, 5.74) is 5.21. The van der Waals surface area contributed by atoms with Crippen LogP contribution in [0.25, 0.3) is 0 Å². The minimum atomic E-state index is -0.160. The van der Waals surface area contributed by atoms with Crippen LogP contribution in [0.1, 0.15) is 147 Å². The molecule has 9 heterocycles. The van der Waals surface area contributed by atoms with Crippen molar-refractivity contribution in [2.75, 3.05) is 236 Å². The number of terminal acetylenes is 1. The van der Waals surface area contributed by atoms with Crippen LogP contribution in [-0.4, -0.2) is 264 Å². The average molecular weight is 1490 g/mol. The van der Waals surface area contributed by atoms with E-state index < -0.39 is 0 Å². The average Bonchev–Trinajstić information content (AvgIpc) is 0.871. The highest BCUT2D eigenvalue weighted by Gasteiger charge is 2.36. The van der Waals surface area contributed by atoms with Crippen LogP contribution < -0.4 is 106 Å². The van der Waals surface area contributed by atoms with Gasteiger partial charge in [0, 0.05) is 296 Å². The number of nitrogens with one attached hydrogen (secondary N) is 20. The van der Waals surface area contributed by atoms with Crippen LogP contribution in [0.4, 0.5) is 0 Å². The first-order valence-corrected chi connectivity index (χ1v) is 42.3. The van der Waals surface area contributed by atoms with E-state index in [1.165, 1.54) is 107 Å². The third-order valence-electron chi connectivity index (χ3n) is 22.5. The lowest BCUT2D eigenvalue weighted by molar-refractivity contribution is -0.118. The quantitative estimate of drug-likeness (QED) is 0.0365. The minimum absolute atomic E-state index is 0.0628. The Morgan fingerprint density at radius 1 is 0.346 bits per heavy atom. The van der Waals surface area contributed by atoms with E-state index in [2.05, 4.69) is 169 Å². The molecule has 0 unspecified atom stereocenters. The molecule has 23 nitrogen and oxygen atoms in total. The van der Waals surface area contributed by atoms with Crippen molar-refractivity contribution in [2.24, 2.45) is 21.7 Å². The number of carbonyl (C=O) groups excluding carboxylic acids is 3. The van der Waals surface area contributed by atoms with Crippen molar-refractivity contribution in [3.8, 4) is 12.3 Å². The maximum absolute atomic E-state index is 12.1. The highest BCUT2D eigenvalue weighted by atomic mass is 16.1. The smallest absolute Gasteiger partial charge is 0.160 e. The van der Waals surface area contributed by atoms with E-state index in [1.807, 2.05) is 19.1 Å². The number of rotatable bonds is 26. The maximum atomic E-state index is 12.1. The molecule has 0 aliphatic carbocycles. The minimum Gasteiger partial charge on any atom is -0.315 e. The Morgan fingerprint density at radius 2 is 0.598 bits per heavy atom. The SMILES string of the molecule is C#CCCCCCCCC12CNCCNCC(CCC)(CNCCNC1)CNCCNC2.CCCC12CNCCNCC(NCc3ccc(CC(=O)/C=C/C(C)=O)cc3)(CNCCNC1)CNCCNC2.CCCC12CNCCNCC(NCc3ccc(CC(=O)CC)cc3)(CNCCNC1)CNCCNC2. The molecule has 2 aromatic carbocycles. The zero-order valence-electron chi connectivity index (χ0n) is 67.8. The normalized spacial score (nSPS) is 27.4. The highest BCUT2D eigenvalue weighted by molar-refractivity contribution is 5.98. The summed E-state index contributed by atoms with van der Waals surface area (Å²) in [6, 6.07) is 16.7. The molecule has 23 heteroatoms. The van der Waals surface area contributed by atoms with Crippen LogP contribution in [0.2, 0.25) is 0 Å². The van der Waals surface area contributed by atoms with Crippen molar-refractivity contribution >= 4 is 17.3 Å². The van der Waals surface area contributed by atoms with E-state index in [-0.39, 0.29) is 50.1 Å². The molecule has 2 aromatic rings. The zero-order chi connectivity index (χ0) is 76.1. The topological polar surface area (TPSA) is 292 Å². The summed E-state index contributed by atoms with van der Waals surface area (Å²) in [6.07, 6.45) is 25.4. The molecule has 6 bridgehead atoms. The summed E-state index contributed by atoms with van der Waals surface area (Å²) in [5.74, 6) is 2.87. The van der Waals surface area contributed by atoms with Gasteiger partial charge in [-0.15, -0.1) is 12.3 Å². The van der Waals surface area contributed by atoms with Gasteiger partial charge in [-0.2, -0.15) is 0 Å². The maximum Gasteiger partial charge on any atom is 0.160 e. The number of allylic oxidation sites excluding steroid dienone is 2. The Kier molecular flexibility index (Phi) is 46.9. The van der Waals surface area contributed by atoms with Gasteiger partial charge < -0.3 is 106 Å². The predicted octanol–water partition coefficient (Wildman–Crippen LogP) is 2.20. The van der Waals surface area contributed by atoms with Gasteiger partial charge in [-0.05, 0) is 73.4 Å². The van der Waals surface area contributed by atoms with E-state index in [0.717, 1.165) is 266 Å². The van der Waals surface area contributed by atoms with E-state index in [0.29, 0.717) is 19.3 Å². The lowest BCUT2D eigenvalue weighted by Crippen LogP contribution is -2.64. The predicted molar refractivity (Wildman–Crippen MR) is 447 cm³/mol. The number of fused-ring (bicyclic) bond motifs is 45. The van der Waals surface area contributed by atoms with Crippen molar-refractivity contribution in [3.05, 3.63) is 82.9 Å². The first-order valence-electron chi connectivity index (χ1n) is 42.3. The van der Waals surface area contributed by atoms with Crippen molar-refractivity contribution < 1.29 is 14.4 Å². The number of unbranched alkanes of at least 4 members (excludes halogenated alkanes) is 5. The van der Waals surface area contributed by atoms with Crippen LogP contribution in [0.15, 0.2) is 60.7 Å². The lowest BCUT2D eigenvalue weighted by atomic mass is 9.81. The van der Waals surface area contributed by atoms with Crippen molar-refractivity contribution in [1.29, 1.82) is 0 Å². The van der Waals surface area contributed by atoms with Crippen molar-refractivity contribution in [3.63, 3.8) is 0 Å². The summed E-state index contributed by atoms with van der Waals surface area (Å²) in [4.78, 5) is 34.9. The monoisotopic (exact) mass is 1490 g/mol. The molecule has 608 valence electrons. The van der Waals surface area contributed by atoms with Gasteiger partial charge in [0.2, 0.25) is 0 Å². The fourth-order valence-electron chi connectivity index (χ4n) is 16.2. The Bertz CT molecular complexity index is 2600. The molecule has 9 fully saturated rings. The zero-order valence-corrected chi connectivity index (χ0v) is 67.8. The van der Waals surface area contributed by atoms with Gasteiger partial charge in [0.25, 0.3) is 0 Å². The molecule has 11 rings (SSSR count). The number of carbonyl (C=O) groups is 3. The van der Waals surface area contributed by atoms with Gasteiger partial charge in [0.1, 0.15) is 5.78 Å². The van der Waals surface area contributed by atoms with E-state index in [4.69, 9.17) is 6.42 Å². The second-order valence-electron chi connectivity index (χ2n) is 32.5. The molecule has 0 radical (unpaired) electrons. The second-order valence-corrected chi connectivity index (χ2v) is 32.5. The van der Waals surface area contributed by atoms with Crippen molar-refractivity contribution in [1.82, 2.24) is 106 Å². The van der Waals surface area contributed by atoms with Crippen LogP contribution in [0, 0.1) is 34.0 Å². The number of benzene rings is 2. The summed E-state index contributed by atoms with van der Waals surface area (Å²) in [5, 5.41) is 75.3. The summed E-state index contributed by atoms with van der Waals surface area (Å²) >= 11 is 0. The molecule has 0 atom stereocenters. The molecule has 9 aliphatic rings. The van der Waals surface area contributed by atoms with Crippen LogP contribution in [-0.2, 0) is 40.3 Å². The molecule has 107 heavy (non-hydrogen) atoms. The summed E-state index contributed by atoms with van der Waals surface area (Å²) in [7, 11) is 0. The molecule has 0 amide bonds. The molecule has 0 saturated carbocycles. The highest BCUT2D eigenvalue weighted by Crippen LogP contribution is 2.27. The van der Waals surface area contributed by atoms with Gasteiger partial charge in [0.05, 0.1) is 11.1 Å². The molecule has 0 aromatic heterocycles. The Hall–Kier alpha value is -4.05. The molecule has 9 saturated heterocycles. The lowest BCUT2D eigenvalue weighted by Gasteiger charge is -2.38. The fourth-order valence-corrected chi connectivity index (χ4v) is 16.2. The molecule has 9 aliphatic heterocycles. The third kappa shape index (κ3) is 37.9. The summed E-state index contributed by atoms with van der Waals surface area (Å²) in [6.45, 7) is 47.2. The van der Waals surface area contributed by atoms with Gasteiger partial charge >= 0.3 is 0 Å². The first-order chi connectivity index (χ1) is 52.3. The van der Waals surface area contributed by atoms with Gasteiger partial charge in [-0.1, -0.05) is 121 Å². The van der Waals surface area contributed by atoms with Crippen LogP contribution in [0.3, 0.4) is 0 Å². The van der Waals surface area contributed by atoms with Crippen LogP contribution >= 0.6 is 0 Å². The molecular formula is C84H154N20O3. The molecule has 0 spiro atoms. The van der Waals surface area contributed by atoms with E-state index in [9.17, 15) is 14.4 Å². The number of hydrogen-bond donors (Lipinski definition) is 20. The second kappa shape index (κ2) is 54.6. The van der Waals surface area contributed by atoms with Gasteiger partial charge in [-0.25, -0.2) is 0 Å². The standard InChI is InChI=1S/C30H51N7O2.C28H51N7O.C26H52N6/c1-3-10-29-19-31-11-14-34-22-30(23-35-15-12-32-20-29,24-36-16-13-33-21-29)37-18-27-7-5-26(6-8-27)17-28(39)9-4-25(2)38;1-3-9-27-18-29-10-13-32-21-28(22-33-14-11-30-19-27,23-34-15-12-31-20-27)35-17-25-7-5-24(6-8-25)16-26(36)4-2;1-3-5-6-7-8-9-10-12-26-22-30-16-13-27-19-25(11-4-2,20-28-14-17-31-23-26)21-29-15-18-32-24-26/h4-9,31-37H,3,10-24H2,1-2H3;5-8,29-35H,3-4,9-23H2,1-2H3;1,27-32H,4-24H2,2H3/b9-4+;;. The molecular weight excluding hydrogens is 1340 g/mol. The third-order valence-corrected chi connectivity index (χ3v) is 22.5. The van der Waals surface area contributed by atoms with Gasteiger partial charge in [-0.3, -0.25) is 14.4 Å². The molecule has 20 N–H and O–H groups in total. The largest absolute Gasteiger partial charge is 0.315 e. The van der Waals surface area contributed by atoms with E-state index in [1.54, 1.807) is 0 Å². The number of hydrogen-bond acceptors (Lipinski definition) is 23. The number of ketones is 3. The van der Waals surface area contributed by atoms with E-state index >= 15 is 0 Å². The Balaban J connectivity index is 0.000000253.